The number of hydrogen-bond donors (Lipinski definition) is 1. The Balaban J connectivity index is 2.01. The molecule has 0 unspecified atom stereocenters. The summed E-state index contributed by atoms with van der Waals surface area (Å²) >= 11 is 0. The Labute approximate surface area is 114 Å². The lowest BCUT2D eigenvalue weighted by atomic mass is 10.1. The number of hydrogen-bond acceptors (Lipinski definition) is 3. The summed E-state index contributed by atoms with van der Waals surface area (Å²) in [5.41, 5.74) is 9.37. The first-order chi connectivity index (χ1) is 9.16. The van der Waals surface area contributed by atoms with E-state index in [0.717, 1.165) is 17.7 Å². The van der Waals surface area contributed by atoms with Crippen LogP contribution in [-0.4, -0.2) is 11.6 Å². The van der Waals surface area contributed by atoms with Crippen LogP contribution in [0.1, 0.15) is 29.7 Å². The monoisotopic (exact) mass is 256 g/mol. The standard InChI is InChI=1S/C16H20N2O/c1-12-5-6-15(13(2)17)16(10-12)19-9-7-14-4-3-8-18-11-14/h3-6,8,10-11,13H,7,9,17H2,1-2H3/t13-/m0/s1. The first-order valence-electron chi connectivity index (χ1n) is 6.54. The van der Waals surface area contributed by atoms with E-state index in [1.165, 1.54) is 11.1 Å². The van der Waals surface area contributed by atoms with Gasteiger partial charge in [0.2, 0.25) is 0 Å². The van der Waals surface area contributed by atoms with Crippen LogP contribution in [0.3, 0.4) is 0 Å². The van der Waals surface area contributed by atoms with Crippen molar-refractivity contribution < 1.29 is 4.74 Å². The van der Waals surface area contributed by atoms with Gasteiger partial charge in [0.25, 0.3) is 0 Å². The molecule has 0 bridgehead atoms. The molecule has 0 amide bonds. The molecular weight excluding hydrogens is 236 g/mol. The summed E-state index contributed by atoms with van der Waals surface area (Å²) in [7, 11) is 0. The molecule has 2 N–H and O–H groups in total. The fourth-order valence-corrected chi connectivity index (χ4v) is 1.97. The highest BCUT2D eigenvalue weighted by atomic mass is 16.5. The molecule has 0 aliphatic rings. The lowest BCUT2D eigenvalue weighted by molar-refractivity contribution is 0.316. The average molecular weight is 256 g/mol. The number of ether oxygens (including phenoxy) is 1. The highest BCUT2D eigenvalue weighted by molar-refractivity contribution is 5.38. The summed E-state index contributed by atoms with van der Waals surface area (Å²) in [6, 6.07) is 10.1. The van der Waals surface area contributed by atoms with Crippen LogP contribution in [-0.2, 0) is 6.42 Å². The second kappa shape index (κ2) is 6.34. The summed E-state index contributed by atoms with van der Waals surface area (Å²) in [5.74, 6) is 0.888. The maximum atomic E-state index is 5.96. The zero-order valence-electron chi connectivity index (χ0n) is 11.5. The zero-order chi connectivity index (χ0) is 13.7. The van der Waals surface area contributed by atoms with E-state index >= 15 is 0 Å². The molecule has 1 heterocycles. The second-order valence-corrected chi connectivity index (χ2v) is 4.79. The molecule has 3 nitrogen and oxygen atoms in total. The Morgan fingerprint density at radius 2 is 2.16 bits per heavy atom. The first kappa shape index (κ1) is 13.6. The van der Waals surface area contributed by atoms with Crippen LogP contribution in [0.5, 0.6) is 5.75 Å². The predicted molar refractivity (Wildman–Crippen MR) is 77.2 cm³/mol. The second-order valence-electron chi connectivity index (χ2n) is 4.79. The minimum absolute atomic E-state index is 0.0195. The van der Waals surface area contributed by atoms with E-state index in [4.69, 9.17) is 10.5 Å². The van der Waals surface area contributed by atoms with E-state index in [-0.39, 0.29) is 6.04 Å². The van der Waals surface area contributed by atoms with Crippen LogP contribution in [0.4, 0.5) is 0 Å². The van der Waals surface area contributed by atoms with Gasteiger partial charge >= 0.3 is 0 Å². The minimum atomic E-state index is -0.0195. The number of nitrogens with zero attached hydrogens (tertiary/aromatic N) is 1. The third-order valence-electron chi connectivity index (χ3n) is 3.03. The van der Waals surface area contributed by atoms with E-state index in [0.29, 0.717) is 6.61 Å². The third kappa shape index (κ3) is 3.80. The molecule has 0 spiro atoms. The highest BCUT2D eigenvalue weighted by Crippen LogP contribution is 2.25. The van der Waals surface area contributed by atoms with Crippen molar-refractivity contribution in [3.05, 3.63) is 59.4 Å². The maximum Gasteiger partial charge on any atom is 0.124 e. The van der Waals surface area contributed by atoms with Crippen LogP contribution in [0.2, 0.25) is 0 Å². The van der Waals surface area contributed by atoms with Gasteiger partial charge in [0.1, 0.15) is 5.75 Å². The lowest BCUT2D eigenvalue weighted by Crippen LogP contribution is -2.10. The normalized spacial score (nSPS) is 12.2. The van der Waals surface area contributed by atoms with Crippen molar-refractivity contribution in [1.82, 2.24) is 4.98 Å². The van der Waals surface area contributed by atoms with Crippen molar-refractivity contribution in [3.63, 3.8) is 0 Å². The van der Waals surface area contributed by atoms with E-state index in [1.807, 2.05) is 31.3 Å². The van der Waals surface area contributed by atoms with Crippen molar-refractivity contribution in [2.24, 2.45) is 5.73 Å². The number of pyridine rings is 1. The molecule has 19 heavy (non-hydrogen) atoms. The Morgan fingerprint density at radius 1 is 1.32 bits per heavy atom. The molecule has 0 saturated heterocycles. The summed E-state index contributed by atoms with van der Waals surface area (Å²) < 4.78 is 5.88. The molecule has 0 aliphatic heterocycles. The number of nitrogens with two attached hydrogens (primary N) is 1. The van der Waals surface area contributed by atoms with Gasteiger partial charge in [-0.25, -0.2) is 0 Å². The molecule has 2 rings (SSSR count). The number of aryl methyl sites for hydroxylation is 1. The predicted octanol–water partition coefficient (Wildman–Crippen LogP) is 3.03. The number of aromatic nitrogens is 1. The smallest absolute Gasteiger partial charge is 0.124 e. The van der Waals surface area contributed by atoms with Crippen molar-refractivity contribution in [2.45, 2.75) is 26.3 Å². The van der Waals surface area contributed by atoms with Gasteiger partial charge in [-0.05, 0) is 37.1 Å². The van der Waals surface area contributed by atoms with Crippen LogP contribution < -0.4 is 10.5 Å². The van der Waals surface area contributed by atoms with Crippen molar-refractivity contribution >= 4 is 0 Å². The lowest BCUT2D eigenvalue weighted by Gasteiger charge is -2.14. The Kier molecular flexibility index (Phi) is 4.53. The van der Waals surface area contributed by atoms with Crippen molar-refractivity contribution in [3.8, 4) is 5.75 Å². The Hall–Kier alpha value is -1.87. The molecule has 0 fully saturated rings. The molecule has 1 aromatic carbocycles. The summed E-state index contributed by atoms with van der Waals surface area (Å²) in [6.07, 6.45) is 4.49. The van der Waals surface area contributed by atoms with Gasteiger partial charge in [-0.2, -0.15) is 0 Å². The Bertz CT molecular complexity index is 524. The molecule has 0 aliphatic carbocycles. The molecule has 1 atom stereocenters. The van der Waals surface area contributed by atoms with Crippen molar-refractivity contribution in [2.75, 3.05) is 6.61 Å². The van der Waals surface area contributed by atoms with Gasteiger partial charge in [-0.1, -0.05) is 18.2 Å². The van der Waals surface area contributed by atoms with Crippen LogP contribution in [0.15, 0.2) is 42.7 Å². The minimum Gasteiger partial charge on any atom is -0.493 e. The van der Waals surface area contributed by atoms with E-state index < -0.39 is 0 Å². The quantitative estimate of drug-likeness (QED) is 0.894. The Morgan fingerprint density at radius 3 is 2.84 bits per heavy atom. The van der Waals surface area contributed by atoms with Gasteiger partial charge in [-0.15, -0.1) is 0 Å². The van der Waals surface area contributed by atoms with Crippen LogP contribution in [0.25, 0.3) is 0 Å². The molecule has 3 heteroatoms. The van der Waals surface area contributed by atoms with Crippen LogP contribution >= 0.6 is 0 Å². The third-order valence-corrected chi connectivity index (χ3v) is 3.03. The van der Waals surface area contributed by atoms with E-state index in [2.05, 4.69) is 24.0 Å². The summed E-state index contributed by atoms with van der Waals surface area (Å²) in [5, 5.41) is 0. The molecular formula is C16H20N2O. The zero-order valence-corrected chi connectivity index (χ0v) is 11.5. The molecule has 2 aromatic rings. The van der Waals surface area contributed by atoms with Gasteiger partial charge in [0, 0.05) is 30.4 Å². The van der Waals surface area contributed by atoms with Gasteiger partial charge in [0.15, 0.2) is 0 Å². The fraction of sp³-hybridized carbons (Fsp3) is 0.312. The molecule has 0 saturated carbocycles. The number of rotatable bonds is 5. The summed E-state index contributed by atoms with van der Waals surface area (Å²) in [6.45, 7) is 4.66. The highest BCUT2D eigenvalue weighted by Gasteiger charge is 2.08. The van der Waals surface area contributed by atoms with Crippen molar-refractivity contribution in [1.29, 1.82) is 0 Å². The average Bonchev–Trinajstić information content (AvgIpc) is 2.39. The van der Waals surface area contributed by atoms with E-state index in [1.54, 1.807) is 6.20 Å². The number of benzene rings is 1. The fourth-order valence-electron chi connectivity index (χ4n) is 1.97. The molecule has 0 radical (unpaired) electrons. The van der Waals surface area contributed by atoms with Gasteiger partial charge in [-0.3, -0.25) is 4.98 Å². The topological polar surface area (TPSA) is 48.1 Å². The van der Waals surface area contributed by atoms with Crippen LogP contribution in [0, 0.1) is 6.92 Å². The first-order valence-corrected chi connectivity index (χ1v) is 6.54. The maximum absolute atomic E-state index is 5.96. The molecule has 100 valence electrons. The largest absolute Gasteiger partial charge is 0.493 e. The van der Waals surface area contributed by atoms with Gasteiger partial charge < -0.3 is 10.5 Å². The summed E-state index contributed by atoms with van der Waals surface area (Å²) in [4.78, 5) is 4.09. The molecule has 1 aromatic heterocycles. The van der Waals surface area contributed by atoms with Gasteiger partial charge in [0.05, 0.1) is 6.61 Å². The SMILES string of the molecule is Cc1ccc([C@H](C)N)c(OCCc2cccnc2)c1. The van der Waals surface area contributed by atoms with E-state index in [9.17, 15) is 0 Å².